The summed E-state index contributed by atoms with van der Waals surface area (Å²) in [5.41, 5.74) is 0.167. The first-order valence-corrected chi connectivity index (χ1v) is 7.28. The van der Waals surface area contributed by atoms with Crippen LogP contribution in [0, 0.1) is 10.1 Å². The minimum Gasteiger partial charge on any atom is -0.465 e. The number of hydrogen-bond donors (Lipinski definition) is 0. The van der Waals surface area contributed by atoms with E-state index in [0.29, 0.717) is 9.92 Å². The quantitative estimate of drug-likeness (QED) is 0.464. The Bertz CT molecular complexity index is 691. The van der Waals surface area contributed by atoms with Gasteiger partial charge in [-0.3, -0.25) is 10.1 Å². The zero-order valence-corrected chi connectivity index (χ0v) is 13.2. The van der Waals surface area contributed by atoms with Crippen LogP contribution in [0.5, 0.6) is 0 Å². The number of aromatic nitrogens is 1. The number of nitro benzene ring substituents is 1. The van der Waals surface area contributed by atoms with Crippen LogP contribution < -0.4 is 0 Å². The van der Waals surface area contributed by atoms with Gasteiger partial charge < -0.3 is 4.74 Å². The Balaban J connectivity index is 2.40. The van der Waals surface area contributed by atoms with E-state index in [1.807, 2.05) is 0 Å². The fraction of sp³-hybridized carbons (Fsp3) is 0.0769. The summed E-state index contributed by atoms with van der Waals surface area (Å²) in [6.07, 6.45) is 1.60. The molecule has 2 rings (SSSR count). The maximum absolute atomic E-state index is 11.5. The lowest BCUT2D eigenvalue weighted by Gasteiger charge is -2.05. The zero-order valence-electron chi connectivity index (χ0n) is 10.8. The number of methoxy groups -OCH3 is 1. The minimum absolute atomic E-state index is 0.0858. The normalized spacial score (nSPS) is 10.2. The second-order valence-electron chi connectivity index (χ2n) is 3.85. The number of esters is 1. The molecule has 0 radical (unpaired) electrons. The average molecular weight is 369 g/mol. The number of pyridine rings is 1. The molecule has 0 fully saturated rings. The van der Waals surface area contributed by atoms with E-state index >= 15 is 0 Å². The summed E-state index contributed by atoms with van der Waals surface area (Å²) in [5, 5.41) is 11.7. The molecule has 0 saturated heterocycles. The third kappa shape index (κ3) is 3.79. The van der Waals surface area contributed by atoms with E-state index in [1.165, 1.54) is 25.3 Å². The summed E-state index contributed by atoms with van der Waals surface area (Å²) >= 11 is 4.38. The molecule has 1 aromatic heterocycles. The predicted molar refractivity (Wildman–Crippen MR) is 80.5 cm³/mol. The molecule has 2 aromatic rings. The molecule has 6 nitrogen and oxygen atoms in total. The number of nitro groups is 1. The van der Waals surface area contributed by atoms with Gasteiger partial charge in [-0.2, -0.15) is 0 Å². The van der Waals surface area contributed by atoms with E-state index in [-0.39, 0.29) is 11.3 Å². The molecule has 0 aliphatic rings. The van der Waals surface area contributed by atoms with Crippen LogP contribution in [0.15, 0.2) is 50.9 Å². The summed E-state index contributed by atoms with van der Waals surface area (Å²) in [5.74, 6) is -0.546. The van der Waals surface area contributed by atoms with Crippen LogP contribution in [-0.4, -0.2) is 23.0 Å². The first kappa shape index (κ1) is 15.5. The first-order chi connectivity index (χ1) is 10.0. The number of carbonyl (C=O) groups excluding carboxylic acids is 1. The van der Waals surface area contributed by atoms with Gasteiger partial charge in [-0.25, -0.2) is 9.78 Å². The molecule has 0 bridgehead atoms. The molecule has 0 amide bonds. The highest BCUT2D eigenvalue weighted by Gasteiger charge is 2.18. The molecule has 0 atom stereocenters. The van der Waals surface area contributed by atoms with E-state index in [4.69, 9.17) is 0 Å². The first-order valence-electron chi connectivity index (χ1n) is 5.67. The van der Waals surface area contributed by atoms with Gasteiger partial charge in [0.1, 0.15) is 5.03 Å². The molecule has 0 unspecified atom stereocenters. The van der Waals surface area contributed by atoms with Gasteiger partial charge in [0.25, 0.3) is 5.69 Å². The lowest BCUT2D eigenvalue weighted by molar-refractivity contribution is -0.387. The van der Waals surface area contributed by atoms with Crippen molar-refractivity contribution in [1.82, 2.24) is 4.98 Å². The monoisotopic (exact) mass is 368 g/mol. The third-order valence-corrected chi connectivity index (χ3v) is 3.96. The van der Waals surface area contributed by atoms with E-state index in [0.717, 1.165) is 16.2 Å². The number of hydrogen-bond acceptors (Lipinski definition) is 6. The van der Waals surface area contributed by atoms with Gasteiger partial charge in [-0.1, -0.05) is 11.8 Å². The second-order valence-corrected chi connectivity index (χ2v) is 5.83. The molecule has 1 heterocycles. The van der Waals surface area contributed by atoms with Crippen LogP contribution in [0.3, 0.4) is 0 Å². The Hall–Kier alpha value is -1.93. The maximum atomic E-state index is 11.5. The molecular weight excluding hydrogens is 360 g/mol. The van der Waals surface area contributed by atoms with Crippen molar-refractivity contribution in [2.24, 2.45) is 0 Å². The van der Waals surface area contributed by atoms with Gasteiger partial charge in [0.05, 0.1) is 22.5 Å². The Morgan fingerprint density at radius 2 is 2.14 bits per heavy atom. The van der Waals surface area contributed by atoms with E-state index in [2.05, 4.69) is 25.7 Å². The highest BCUT2D eigenvalue weighted by molar-refractivity contribution is 9.10. The topological polar surface area (TPSA) is 82.3 Å². The van der Waals surface area contributed by atoms with Crippen molar-refractivity contribution in [3.63, 3.8) is 0 Å². The second kappa shape index (κ2) is 6.68. The standard InChI is InChI=1S/C13H9BrN2O4S/c1-20-13(17)8-2-4-10(16(18)19)11(6-8)21-12-5-3-9(14)7-15-12/h2-7H,1H3. The van der Waals surface area contributed by atoms with Crippen molar-refractivity contribution in [3.05, 3.63) is 56.7 Å². The molecule has 0 spiro atoms. The van der Waals surface area contributed by atoms with Crippen LogP contribution in [0.25, 0.3) is 0 Å². The van der Waals surface area contributed by atoms with Crippen molar-refractivity contribution >= 4 is 39.3 Å². The van der Waals surface area contributed by atoms with Gasteiger partial charge in [-0.15, -0.1) is 0 Å². The zero-order chi connectivity index (χ0) is 15.4. The van der Waals surface area contributed by atoms with Crippen molar-refractivity contribution in [1.29, 1.82) is 0 Å². The number of carbonyl (C=O) groups is 1. The molecule has 21 heavy (non-hydrogen) atoms. The highest BCUT2D eigenvalue weighted by Crippen LogP contribution is 2.34. The Morgan fingerprint density at radius 1 is 1.38 bits per heavy atom. The fourth-order valence-corrected chi connectivity index (χ4v) is 2.66. The highest BCUT2D eigenvalue weighted by atomic mass is 79.9. The summed E-state index contributed by atoms with van der Waals surface area (Å²) in [4.78, 5) is 26.6. The lowest BCUT2D eigenvalue weighted by Crippen LogP contribution is -2.02. The number of benzene rings is 1. The SMILES string of the molecule is COC(=O)c1ccc([N+](=O)[O-])c(Sc2ccc(Br)cn2)c1. The van der Waals surface area contributed by atoms with Gasteiger partial charge in [0.15, 0.2) is 0 Å². The number of nitrogens with zero attached hydrogens (tertiary/aromatic N) is 2. The van der Waals surface area contributed by atoms with E-state index in [1.54, 1.807) is 18.3 Å². The van der Waals surface area contributed by atoms with Crippen molar-refractivity contribution in [2.75, 3.05) is 7.11 Å². The molecular formula is C13H9BrN2O4S. The Morgan fingerprint density at radius 3 is 2.71 bits per heavy atom. The number of rotatable bonds is 4. The summed E-state index contributed by atoms with van der Waals surface area (Å²) < 4.78 is 5.43. The smallest absolute Gasteiger partial charge is 0.337 e. The minimum atomic E-state index is -0.546. The van der Waals surface area contributed by atoms with Gasteiger partial charge in [0.2, 0.25) is 0 Å². The molecule has 8 heteroatoms. The fourth-order valence-electron chi connectivity index (χ4n) is 1.53. The Kier molecular flexibility index (Phi) is 4.92. The summed E-state index contributed by atoms with van der Waals surface area (Å²) in [6, 6.07) is 7.59. The van der Waals surface area contributed by atoms with Gasteiger partial charge in [0, 0.05) is 16.7 Å². The average Bonchev–Trinajstić information content (AvgIpc) is 2.48. The lowest BCUT2D eigenvalue weighted by atomic mass is 10.2. The third-order valence-electron chi connectivity index (χ3n) is 2.49. The van der Waals surface area contributed by atoms with Crippen molar-refractivity contribution in [3.8, 4) is 0 Å². The summed E-state index contributed by atoms with van der Waals surface area (Å²) in [7, 11) is 1.26. The molecule has 0 N–H and O–H groups in total. The molecule has 0 saturated carbocycles. The number of ether oxygens (including phenoxy) is 1. The van der Waals surface area contributed by atoms with Gasteiger partial charge >= 0.3 is 5.97 Å². The predicted octanol–water partition coefficient (Wildman–Crippen LogP) is 3.69. The van der Waals surface area contributed by atoms with Crippen LogP contribution in [0.4, 0.5) is 5.69 Å². The van der Waals surface area contributed by atoms with Crippen LogP contribution in [-0.2, 0) is 4.74 Å². The summed E-state index contributed by atoms with van der Waals surface area (Å²) in [6.45, 7) is 0. The van der Waals surface area contributed by atoms with Crippen LogP contribution in [0.1, 0.15) is 10.4 Å². The molecule has 1 aromatic carbocycles. The van der Waals surface area contributed by atoms with Crippen LogP contribution >= 0.6 is 27.7 Å². The Labute approximate surface area is 132 Å². The van der Waals surface area contributed by atoms with E-state index in [9.17, 15) is 14.9 Å². The maximum Gasteiger partial charge on any atom is 0.337 e. The van der Waals surface area contributed by atoms with Crippen molar-refractivity contribution in [2.45, 2.75) is 9.92 Å². The largest absolute Gasteiger partial charge is 0.465 e. The van der Waals surface area contributed by atoms with E-state index < -0.39 is 10.9 Å². The van der Waals surface area contributed by atoms with Crippen LogP contribution in [0.2, 0.25) is 0 Å². The molecule has 0 aliphatic heterocycles. The van der Waals surface area contributed by atoms with Crippen molar-refractivity contribution < 1.29 is 14.5 Å². The molecule has 108 valence electrons. The van der Waals surface area contributed by atoms with Gasteiger partial charge in [-0.05, 0) is 40.2 Å². The number of halogens is 1. The molecule has 0 aliphatic carbocycles.